The predicted molar refractivity (Wildman–Crippen MR) is 152 cm³/mol. The fourth-order valence-corrected chi connectivity index (χ4v) is 6.06. The van der Waals surface area contributed by atoms with Crippen molar-refractivity contribution in [3.63, 3.8) is 0 Å². The number of hydrogen-bond acceptors (Lipinski definition) is 5. The minimum Gasteiger partial charge on any atom is -0.396 e. The third-order valence-corrected chi connectivity index (χ3v) is 8.29. The Hall–Kier alpha value is -2.93. The van der Waals surface area contributed by atoms with Gasteiger partial charge in [0.05, 0.1) is 12.2 Å². The molecule has 4 nitrogen and oxygen atoms in total. The minimum absolute atomic E-state index is 0.0788. The van der Waals surface area contributed by atoms with Gasteiger partial charge in [-0.1, -0.05) is 109 Å². The lowest BCUT2D eigenvalue weighted by Gasteiger charge is -2.30. The summed E-state index contributed by atoms with van der Waals surface area (Å²) < 4.78 is 0. The molecule has 4 atom stereocenters. The van der Waals surface area contributed by atoms with E-state index in [9.17, 15) is 20.4 Å². The normalized spacial score (nSPS) is 14.6. The molecule has 5 heteroatoms. The van der Waals surface area contributed by atoms with Crippen LogP contribution in [0.3, 0.4) is 0 Å². The van der Waals surface area contributed by atoms with Gasteiger partial charge in [-0.2, -0.15) is 0 Å². The van der Waals surface area contributed by atoms with Crippen LogP contribution < -0.4 is 0 Å². The summed E-state index contributed by atoms with van der Waals surface area (Å²) in [6, 6.07) is 35.7. The molecule has 4 unspecified atom stereocenters. The van der Waals surface area contributed by atoms with Crippen LogP contribution in [0, 0.1) is 0 Å². The highest BCUT2D eigenvalue weighted by Crippen LogP contribution is 2.39. The lowest BCUT2D eigenvalue weighted by atomic mass is 9.99. The largest absolute Gasteiger partial charge is 0.396 e. The van der Waals surface area contributed by atoms with Gasteiger partial charge < -0.3 is 20.4 Å². The molecule has 192 valence electrons. The van der Waals surface area contributed by atoms with Crippen molar-refractivity contribution < 1.29 is 20.4 Å². The highest BCUT2D eigenvalue weighted by molar-refractivity contribution is 8.00. The van der Waals surface area contributed by atoms with Crippen LogP contribution in [-0.4, -0.2) is 44.1 Å². The summed E-state index contributed by atoms with van der Waals surface area (Å²) in [4.78, 5) is 0. The maximum atomic E-state index is 11.2. The van der Waals surface area contributed by atoms with Crippen molar-refractivity contribution >= 4 is 11.8 Å². The Labute approximate surface area is 223 Å². The number of hydrogen-bond donors (Lipinski definition) is 4. The molecule has 0 amide bonds. The fraction of sp³-hybridized carbons (Fsp3) is 0.250. The van der Waals surface area contributed by atoms with Gasteiger partial charge in [-0.25, -0.2) is 0 Å². The third-order valence-electron chi connectivity index (χ3n) is 6.60. The summed E-state index contributed by atoms with van der Waals surface area (Å²) in [5, 5.41) is 41.2. The number of benzene rings is 4. The zero-order valence-electron chi connectivity index (χ0n) is 20.7. The Bertz CT molecular complexity index is 1100. The molecule has 4 N–H and O–H groups in total. The molecule has 0 spiro atoms. The maximum Gasteiger partial charge on any atom is 0.0909 e. The first-order chi connectivity index (χ1) is 18.1. The topological polar surface area (TPSA) is 80.9 Å². The van der Waals surface area contributed by atoms with E-state index in [1.54, 1.807) is 0 Å². The van der Waals surface area contributed by atoms with Crippen LogP contribution >= 0.6 is 11.8 Å². The van der Waals surface area contributed by atoms with E-state index in [-0.39, 0.29) is 23.7 Å². The summed E-state index contributed by atoms with van der Waals surface area (Å²) in [7, 11) is 0. The highest BCUT2D eigenvalue weighted by Gasteiger charge is 2.29. The van der Waals surface area contributed by atoms with Crippen molar-refractivity contribution in [1.29, 1.82) is 0 Å². The molecule has 0 saturated heterocycles. The van der Waals surface area contributed by atoms with E-state index >= 15 is 0 Å². The van der Waals surface area contributed by atoms with Gasteiger partial charge in [0.1, 0.15) is 0 Å². The first-order valence-electron chi connectivity index (χ1n) is 12.6. The Kier molecular flexibility index (Phi) is 9.94. The molecule has 0 saturated carbocycles. The van der Waals surface area contributed by atoms with E-state index in [4.69, 9.17) is 0 Å². The predicted octanol–water partition coefficient (Wildman–Crippen LogP) is 6.02. The van der Waals surface area contributed by atoms with Crippen LogP contribution in [0.25, 0.3) is 22.3 Å². The minimum atomic E-state index is -0.823. The van der Waals surface area contributed by atoms with Gasteiger partial charge in [-0.3, -0.25) is 0 Å². The number of aliphatic hydroxyl groups excluding tert-OH is 4. The molecule has 37 heavy (non-hydrogen) atoms. The fourth-order valence-electron chi connectivity index (χ4n) is 4.52. The first kappa shape index (κ1) is 27.1. The summed E-state index contributed by atoms with van der Waals surface area (Å²) in [6.07, 6.45) is -0.909. The zero-order chi connectivity index (χ0) is 26.0. The van der Waals surface area contributed by atoms with E-state index < -0.39 is 12.2 Å². The van der Waals surface area contributed by atoms with E-state index in [0.29, 0.717) is 12.8 Å². The molecular weight excluding hydrogens is 480 g/mol. The lowest BCUT2D eigenvalue weighted by molar-refractivity contribution is 0.148. The summed E-state index contributed by atoms with van der Waals surface area (Å²) in [5.74, 6) is 0. The molecule has 0 fully saturated rings. The molecule has 4 aromatic carbocycles. The number of rotatable bonds is 12. The van der Waals surface area contributed by atoms with Crippen molar-refractivity contribution in [2.75, 3.05) is 13.2 Å². The van der Waals surface area contributed by atoms with Gasteiger partial charge in [0.2, 0.25) is 0 Å². The Morgan fingerprint density at radius 2 is 0.784 bits per heavy atom. The molecule has 0 aliphatic heterocycles. The summed E-state index contributed by atoms with van der Waals surface area (Å²) in [6.45, 7) is -0.158. The quantitative estimate of drug-likeness (QED) is 0.186. The van der Waals surface area contributed by atoms with Crippen molar-refractivity contribution in [2.45, 2.75) is 35.5 Å². The van der Waals surface area contributed by atoms with Crippen LogP contribution in [0.2, 0.25) is 0 Å². The van der Waals surface area contributed by atoms with Crippen molar-refractivity contribution in [1.82, 2.24) is 0 Å². The molecule has 4 rings (SSSR count). The number of thioether (sulfide) groups is 1. The Morgan fingerprint density at radius 1 is 0.459 bits per heavy atom. The second kappa shape index (κ2) is 13.6. The van der Waals surface area contributed by atoms with E-state index in [1.807, 2.05) is 109 Å². The van der Waals surface area contributed by atoms with Gasteiger partial charge in [-0.15, -0.1) is 11.8 Å². The zero-order valence-corrected chi connectivity index (χ0v) is 21.5. The van der Waals surface area contributed by atoms with E-state index in [2.05, 4.69) is 0 Å². The molecule has 0 bridgehead atoms. The Morgan fingerprint density at radius 3 is 1.11 bits per heavy atom. The average Bonchev–Trinajstić information content (AvgIpc) is 2.97. The van der Waals surface area contributed by atoms with Gasteiger partial charge in [0.25, 0.3) is 0 Å². The van der Waals surface area contributed by atoms with Gasteiger partial charge in [-0.05, 0) is 46.2 Å². The van der Waals surface area contributed by atoms with Crippen LogP contribution in [-0.2, 0) is 0 Å². The maximum absolute atomic E-state index is 11.2. The van der Waals surface area contributed by atoms with Crippen LogP contribution in [0.5, 0.6) is 0 Å². The van der Waals surface area contributed by atoms with Crippen LogP contribution in [0.1, 0.15) is 36.2 Å². The number of aliphatic hydroxyl groups is 4. The summed E-state index contributed by atoms with van der Waals surface area (Å²) >= 11 is 1.43. The molecular formula is C32H34O4S. The molecule has 0 radical (unpaired) electrons. The third kappa shape index (κ3) is 7.10. The van der Waals surface area contributed by atoms with E-state index in [1.165, 1.54) is 11.8 Å². The van der Waals surface area contributed by atoms with Crippen molar-refractivity contribution in [2.24, 2.45) is 0 Å². The highest BCUT2D eigenvalue weighted by atomic mass is 32.2. The van der Waals surface area contributed by atoms with Crippen molar-refractivity contribution in [3.8, 4) is 22.3 Å². The summed E-state index contributed by atoms with van der Waals surface area (Å²) in [5.41, 5.74) is 5.86. The van der Waals surface area contributed by atoms with Gasteiger partial charge >= 0.3 is 0 Å². The average molecular weight is 515 g/mol. The van der Waals surface area contributed by atoms with Crippen LogP contribution in [0.15, 0.2) is 109 Å². The molecule has 0 heterocycles. The van der Waals surface area contributed by atoms with Gasteiger partial charge in [0, 0.05) is 23.7 Å². The Balaban J connectivity index is 1.49. The van der Waals surface area contributed by atoms with Gasteiger partial charge in [0.15, 0.2) is 0 Å². The molecule has 0 aromatic heterocycles. The molecule has 0 aliphatic carbocycles. The first-order valence-corrected chi connectivity index (χ1v) is 13.6. The SMILES string of the molecule is OCCC(SC(CCO)C(O)c1ccc(-c2ccccc2)cc1)C(O)c1ccc(-c2ccccc2)cc1. The lowest BCUT2D eigenvalue weighted by Crippen LogP contribution is -2.25. The van der Waals surface area contributed by atoms with Crippen molar-refractivity contribution in [3.05, 3.63) is 120 Å². The smallest absolute Gasteiger partial charge is 0.0909 e. The second-order valence-corrected chi connectivity index (χ2v) is 10.6. The standard InChI is InChI=1S/C32H34O4S/c33-21-19-29(31(35)27-15-11-25(12-16-27)23-7-3-1-4-8-23)37-30(20-22-34)32(36)28-17-13-26(14-18-28)24-9-5-2-6-10-24/h1-18,29-36H,19-22H2. The molecule has 4 aromatic rings. The molecule has 0 aliphatic rings. The van der Waals surface area contributed by atoms with Crippen LogP contribution in [0.4, 0.5) is 0 Å². The second-order valence-electron chi connectivity index (χ2n) is 9.10. The monoisotopic (exact) mass is 514 g/mol. The van der Waals surface area contributed by atoms with E-state index in [0.717, 1.165) is 33.4 Å².